The van der Waals surface area contributed by atoms with Crippen molar-refractivity contribution in [3.8, 4) is 11.5 Å². The summed E-state index contributed by atoms with van der Waals surface area (Å²) in [6.45, 7) is 0.549. The highest BCUT2D eigenvalue weighted by atomic mass is 19.4. The molecule has 34 heavy (non-hydrogen) atoms. The van der Waals surface area contributed by atoms with E-state index in [0.717, 1.165) is 11.2 Å². The van der Waals surface area contributed by atoms with Gasteiger partial charge in [-0.05, 0) is 36.4 Å². The smallest absolute Gasteiger partial charge is 0.491 e. The molecule has 0 spiro atoms. The Morgan fingerprint density at radius 3 is 2.47 bits per heavy atom. The number of pyridine rings is 1. The summed E-state index contributed by atoms with van der Waals surface area (Å²) in [5, 5.41) is 2.97. The lowest BCUT2D eigenvalue weighted by Gasteiger charge is -2.25. The molecular formula is C24H19F3N4O3. The van der Waals surface area contributed by atoms with Crippen LogP contribution in [0.15, 0.2) is 79.1 Å². The molecule has 2 aromatic heterocycles. The number of nitrogens with zero attached hydrogens (tertiary/aromatic N) is 3. The highest BCUT2D eigenvalue weighted by Crippen LogP contribution is 2.29. The van der Waals surface area contributed by atoms with E-state index in [4.69, 9.17) is 4.74 Å². The van der Waals surface area contributed by atoms with Crippen LogP contribution >= 0.6 is 0 Å². The number of amides is 1. The number of fused-ring (bicyclic) bond motifs is 2. The van der Waals surface area contributed by atoms with E-state index in [0.29, 0.717) is 30.0 Å². The summed E-state index contributed by atoms with van der Waals surface area (Å²) in [5.41, 5.74) is 2.52. The van der Waals surface area contributed by atoms with Crippen molar-refractivity contribution < 1.29 is 27.4 Å². The predicted molar refractivity (Wildman–Crippen MR) is 117 cm³/mol. The molecule has 7 nitrogen and oxygen atoms in total. The maximum Gasteiger partial charge on any atom is 0.573 e. The summed E-state index contributed by atoms with van der Waals surface area (Å²) in [7, 11) is 0. The molecule has 5 rings (SSSR count). The number of rotatable bonds is 3. The fourth-order valence-electron chi connectivity index (χ4n) is 3.27. The number of hydrogen-bond donors (Lipinski definition) is 1. The van der Waals surface area contributed by atoms with Crippen LogP contribution in [0.1, 0.15) is 28.6 Å². The lowest BCUT2D eigenvalue weighted by Crippen LogP contribution is -2.33. The number of halogens is 3. The van der Waals surface area contributed by atoms with Crippen LogP contribution in [0, 0.1) is 0 Å². The minimum atomic E-state index is -4.60. The molecule has 0 radical (unpaired) electrons. The standard InChI is InChI=1S/C17H14N4O2.C7H5F3O/c22-17(14-10-19-11-4-1-2-5-12(11)20-14)21-13-7-9-23-15-6-3-8-18-16(13)15;8-7(9,10)11-6-4-2-1-3-5-6/h1-6,8,10,13H,7,9H2,(H,21,22);1-5H. The second-order valence-electron chi connectivity index (χ2n) is 7.15. The third kappa shape index (κ3) is 5.97. The van der Waals surface area contributed by atoms with Gasteiger partial charge in [-0.3, -0.25) is 14.8 Å². The van der Waals surface area contributed by atoms with E-state index < -0.39 is 6.36 Å². The van der Waals surface area contributed by atoms with E-state index in [1.807, 2.05) is 36.4 Å². The summed E-state index contributed by atoms with van der Waals surface area (Å²) in [4.78, 5) is 25.5. The van der Waals surface area contributed by atoms with Crippen LogP contribution in [0.3, 0.4) is 0 Å². The van der Waals surface area contributed by atoms with E-state index in [-0.39, 0.29) is 17.7 Å². The van der Waals surface area contributed by atoms with Crippen LogP contribution in [-0.2, 0) is 0 Å². The molecule has 174 valence electrons. The average molecular weight is 468 g/mol. The van der Waals surface area contributed by atoms with E-state index in [1.165, 1.54) is 30.5 Å². The number of alkyl halides is 3. The first-order valence-corrected chi connectivity index (χ1v) is 10.3. The SMILES string of the molecule is FC(F)(F)Oc1ccccc1.O=C(NC1CCOc2cccnc21)c1cnc2ccccc2n1. The Bertz CT molecular complexity index is 1270. The molecule has 1 aliphatic heterocycles. The number of benzene rings is 2. The molecular weight excluding hydrogens is 449 g/mol. The molecule has 1 unspecified atom stereocenters. The van der Waals surface area contributed by atoms with Gasteiger partial charge in [0.1, 0.15) is 22.9 Å². The lowest BCUT2D eigenvalue weighted by atomic mass is 10.1. The average Bonchev–Trinajstić information content (AvgIpc) is 2.84. The van der Waals surface area contributed by atoms with E-state index in [2.05, 4.69) is 25.0 Å². The number of para-hydroxylation sites is 3. The van der Waals surface area contributed by atoms with Gasteiger partial charge in [0.15, 0.2) is 0 Å². The van der Waals surface area contributed by atoms with E-state index >= 15 is 0 Å². The number of nitrogens with one attached hydrogen (secondary N) is 1. The molecule has 1 aliphatic rings. The largest absolute Gasteiger partial charge is 0.573 e. The highest BCUT2D eigenvalue weighted by Gasteiger charge is 2.30. The van der Waals surface area contributed by atoms with Crippen molar-refractivity contribution in [2.24, 2.45) is 0 Å². The van der Waals surface area contributed by atoms with Crippen LogP contribution in [0.5, 0.6) is 11.5 Å². The number of ether oxygens (including phenoxy) is 2. The highest BCUT2D eigenvalue weighted by molar-refractivity contribution is 5.94. The summed E-state index contributed by atoms with van der Waals surface area (Å²) >= 11 is 0. The molecule has 0 bridgehead atoms. The van der Waals surface area contributed by atoms with Gasteiger partial charge in [0.05, 0.1) is 29.9 Å². The first-order valence-electron chi connectivity index (χ1n) is 10.3. The number of carbonyl (C=O) groups is 1. The Balaban J connectivity index is 0.000000210. The van der Waals surface area contributed by atoms with Crippen molar-refractivity contribution in [2.45, 2.75) is 18.8 Å². The lowest BCUT2D eigenvalue weighted by molar-refractivity contribution is -0.274. The van der Waals surface area contributed by atoms with Gasteiger partial charge < -0.3 is 14.8 Å². The maximum atomic E-state index is 12.5. The molecule has 1 atom stereocenters. The minimum absolute atomic E-state index is 0.180. The van der Waals surface area contributed by atoms with E-state index in [9.17, 15) is 18.0 Å². The molecule has 0 saturated heterocycles. The summed E-state index contributed by atoms with van der Waals surface area (Å²) < 4.78 is 43.7. The number of aromatic nitrogens is 3. The maximum absolute atomic E-state index is 12.5. The molecule has 1 amide bonds. The van der Waals surface area contributed by atoms with Gasteiger partial charge in [-0.2, -0.15) is 0 Å². The first kappa shape index (κ1) is 23.0. The quantitative estimate of drug-likeness (QED) is 0.462. The van der Waals surface area contributed by atoms with Gasteiger partial charge in [0, 0.05) is 12.6 Å². The fourth-order valence-corrected chi connectivity index (χ4v) is 3.27. The zero-order valence-electron chi connectivity index (χ0n) is 17.7. The fraction of sp³-hybridized carbons (Fsp3) is 0.167. The Morgan fingerprint density at radius 2 is 1.71 bits per heavy atom. The van der Waals surface area contributed by atoms with Crippen LogP contribution in [0.25, 0.3) is 11.0 Å². The van der Waals surface area contributed by atoms with Gasteiger partial charge in [0.2, 0.25) is 0 Å². The molecule has 2 aromatic carbocycles. The molecule has 10 heteroatoms. The third-order valence-corrected chi connectivity index (χ3v) is 4.76. The van der Waals surface area contributed by atoms with Crippen LogP contribution in [0.4, 0.5) is 13.2 Å². The van der Waals surface area contributed by atoms with Crippen LogP contribution in [0.2, 0.25) is 0 Å². The minimum Gasteiger partial charge on any atom is -0.491 e. The molecule has 4 aromatic rings. The second kappa shape index (κ2) is 10.2. The van der Waals surface area contributed by atoms with Gasteiger partial charge in [-0.25, -0.2) is 4.98 Å². The molecule has 0 fully saturated rings. The first-order chi connectivity index (χ1) is 16.4. The van der Waals surface area contributed by atoms with Crippen molar-refractivity contribution in [3.63, 3.8) is 0 Å². The van der Waals surface area contributed by atoms with Crippen molar-refractivity contribution in [1.29, 1.82) is 0 Å². The normalized spacial score (nSPS) is 14.7. The van der Waals surface area contributed by atoms with Gasteiger partial charge in [-0.1, -0.05) is 30.3 Å². The third-order valence-electron chi connectivity index (χ3n) is 4.76. The molecule has 0 aliphatic carbocycles. The predicted octanol–water partition coefficient (Wildman–Crippen LogP) is 4.86. The Labute approximate surface area is 192 Å². The van der Waals surface area contributed by atoms with Gasteiger partial charge in [0.25, 0.3) is 5.91 Å². The topological polar surface area (TPSA) is 86.2 Å². The van der Waals surface area contributed by atoms with E-state index in [1.54, 1.807) is 12.3 Å². The number of carbonyl (C=O) groups excluding carboxylic acids is 1. The summed E-state index contributed by atoms with van der Waals surface area (Å²) in [6, 6.07) is 18.0. The Morgan fingerprint density at radius 1 is 0.971 bits per heavy atom. The van der Waals surface area contributed by atoms with Gasteiger partial charge in [-0.15, -0.1) is 13.2 Å². The zero-order chi connectivity index (χ0) is 24.0. The molecule has 0 saturated carbocycles. The van der Waals surface area contributed by atoms with Crippen molar-refractivity contribution in [3.05, 3.63) is 90.5 Å². The molecule has 1 N–H and O–H groups in total. The van der Waals surface area contributed by atoms with Crippen molar-refractivity contribution in [1.82, 2.24) is 20.3 Å². The van der Waals surface area contributed by atoms with Crippen LogP contribution < -0.4 is 14.8 Å². The monoisotopic (exact) mass is 468 g/mol. The van der Waals surface area contributed by atoms with Crippen LogP contribution in [-0.4, -0.2) is 33.8 Å². The Kier molecular flexibility index (Phi) is 6.86. The van der Waals surface area contributed by atoms with Crippen molar-refractivity contribution in [2.75, 3.05) is 6.61 Å². The molecule has 3 heterocycles. The number of hydrogen-bond acceptors (Lipinski definition) is 6. The summed E-state index contributed by atoms with van der Waals surface area (Å²) in [5.74, 6) is 0.264. The van der Waals surface area contributed by atoms with Gasteiger partial charge >= 0.3 is 6.36 Å². The summed E-state index contributed by atoms with van der Waals surface area (Å²) in [6.07, 6.45) is -0.725. The zero-order valence-corrected chi connectivity index (χ0v) is 17.7. The Hall–Kier alpha value is -4.21. The second-order valence-corrected chi connectivity index (χ2v) is 7.15. The van der Waals surface area contributed by atoms with Crippen molar-refractivity contribution >= 4 is 16.9 Å².